The highest BCUT2D eigenvalue weighted by Crippen LogP contribution is 2.29. The molecule has 0 radical (unpaired) electrons. The van der Waals surface area contributed by atoms with Crippen LogP contribution in [-0.2, 0) is 12.7 Å². The lowest BCUT2D eigenvalue weighted by atomic mass is 10.1. The monoisotopic (exact) mass is 402 g/mol. The van der Waals surface area contributed by atoms with E-state index in [2.05, 4.69) is 15.4 Å². The summed E-state index contributed by atoms with van der Waals surface area (Å²) >= 11 is 1.44. The van der Waals surface area contributed by atoms with Crippen molar-refractivity contribution in [1.29, 1.82) is 0 Å². The Labute approximate surface area is 161 Å². The summed E-state index contributed by atoms with van der Waals surface area (Å²) in [6.45, 7) is -0.0188. The summed E-state index contributed by atoms with van der Waals surface area (Å²) in [6.07, 6.45) is -1.48. The molecule has 0 fully saturated rings. The van der Waals surface area contributed by atoms with Crippen molar-refractivity contribution in [3.63, 3.8) is 0 Å². The second kappa shape index (κ2) is 7.08. The predicted molar refractivity (Wildman–Crippen MR) is 99.4 cm³/mol. The number of alkyl halides is 3. The molecule has 5 nitrogen and oxygen atoms in total. The minimum atomic E-state index is -4.42. The molecule has 0 saturated heterocycles. The van der Waals surface area contributed by atoms with Crippen molar-refractivity contribution in [2.24, 2.45) is 0 Å². The average Bonchev–Trinajstić information content (AvgIpc) is 3.32. The highest BCUT2D eigenvalue weighted by Gasteiger charge is 2.30. The second-order valence-corrected chi connectivity index (χ2v) is 7.03. The first-order valence-corrected chi connectivity index (χ1v) is 9.07. The van der Waals surface area contributed by atoms with Gasteiger partial charge in [0.05, 0.1) is 27.5 Å². The maximum Gasteiger partial charge on any atom is 0.416 e. The molecule has 28 heavy (non-hydrogen) atoms. The van der Waals surface area contributed by atoms with E-state index in [1.54, 1.807) is 6.20 Å². The zero-order valence-corrected chi connectivity index (χ0v) is 15.1. The Kier molecular flexibility index (Phi) is 4.60. The van der Waals surface area contributed by atoms with Crippen LogP contribution in [-0.4, -0.2) is 20.7 Å². The van der Waals surface area contributed by atoms with Gasteiger partial charge in [-0.25, -0.2) is 9.67 Å². The van der Waals surface area contributed by atoms with Gasteiger partial charge in [-0.05, 0) is 29.8 Å². The van der Waals surface area contributed by atoms with E-state index in [1.807, 2.05) is 24.3 Å². The highest BCUT2D eigenvalue weighted by atomic mass is 32.1. The van der Waals surface area contributed by atoms with Crippen LogP contribution in [0, 0.1) is 0 Å². The van der Waals surface area contributed by atoms with E-state index >= 15 is 0 Å². The van der Waals surface area contributed by atoms with E-state index in [0.717, 1.165) is 22.3 Å². The van der Waals surface area contributed by atoms with Gasteiger partial charge < -0.3 is 5.32 Å². The number of fused-ring (bicyclic) bond motifs is 1. The van der Waals surface area contributed by atoms with Crippen molar-refractivity contribution in [2.75, 3.05) is 0 Å². The Hall–Kier alpha value is -3.20. The number of nitrogens with zero attached hydrogens (tertiary/aromatic N) is 3. The number of amides is 1. The first kappa shape index (κ1) is 18.2. The molecule has 4 aromatic rings. The van der Waals surface area contributed by atoms with Crippen LogP contribution in [0.15, 0.2) is 60.9 Å². The quantitative estimate of drug-likeness (QED) is 0.549. The molecule has 0 aliphatic heterocycles. The van der Waals surface area contributed by atoms with Gasteiger partial charge in [-0.2, -0.15) is 18.3 Å². The first-order valence-electron chi connectivity index (χ1n) is 8.25. The Balaban J connectivity index is 1.46. The van der Waals surface area contributed by atoms with E-state index in [4.69, 9.17) is 0 Å². The minimum Gasteiger partial charge on any atom is -0.348 e. The lowest BCUT2D eigenvalue weighted by Crippen LogP contribution is -2.22. The Morgan fingerprint density at radius 3 is 2.75 bits per heavy atom. The third-order valence-corrected chi connectivity index (χ3v) is 5.06. The van der Waals surface area contributed by atoms with Gasteiger partial charge in [0.2, 0.25) is 5.13 Å². The van der Waals surface area contributed by atoms with Crippen molar-refractivity contribution in [3.8, 4) is 5.13 Å². The number of benzene rings is 2. The summed E-state index contributed by atoms with van der Waals surface area (Å²) in [5.41, 5.74) is 0.754. The minimum absolute atomic E-state index is 0.0188. The summed E-state index contributed by atoms with van der Waals surface area (Å²) < 4.78 is 40.8. The van der Waals surface area contributed by atoms with Gasteiger partial charge in [0.15, 0.2) is 0 Å². The molecule has 4 rings (SSSR count). The lowest BCUT2D eigenvalue weighted by molar-refractivity contribution is -0.137. The van der Waals surface area contributed by atoms with Gasteiger partial charge in [-0.15, -0.1) is 0 Å². The predicted octanol–water partition coefficient (Wildman–Crippen LogP) is 4.43. The number of nitrogens with one attached hydrogen (secondary N) is 1. The molecule has 2 aromatic carbocycles. The molecule has 0 spiro atoms. The fourth-order valence-corrected chi connectivity index (χ4v) is 3.54. The highest BCUT2D eigenvalue weighted by molar-refractivity contribution is 7.20. The van der Waals surface area contributed by atoms with Crippen molar-refractivity contribution in [2.45, 2.75) is 12.7 Å². The van der Waals surface area contributed by atoms with E-state index in [9.17, 15) is 18.0 Å². The Morgan fingerprint density at radius 2 is 1.96 bits per heavy atom. The third-order valence-electron chi connectivity index (χ3n) is 4.03. The number of halogens is 3. The average molecular weight is 402 g/mol. The van der Waals surface area contributed by atoms with Crippen LogP contribution in [0.1, 0.15) is 21.5 Å². The molecule has 9 heteroatoms. The Morgan fingerprint density at radius 1 is 1.14 bits per heavy atom. The molecule has 2 heterocycles. The van der Waals surface area contributed by atoms with Crippen LogP contribution in [0.25, 0.3) is 15.3 Å². The molecule has 0 unspecified atom stereocenters. The molecule has 1 amide bonds. The van der Waals surface area contributed by atoms with Crippen LogP contribution < -0.4 is 5.32 Å². The van der Waals surface area contributed by atoms with Crippen LogP contribution in [0.3, 0.4) is 0 Å². The number of hydrogen-bond donors (Lipinski definition) is 1. The zero-order valence-electron chi connectivity index (χ0n) is 14.3. The SMILES string of the molecule is O=C(NCc1cccc(C(F)(F)F)c1)c1cnn(-c2nc3ccccc3s2)c1. The summed E-state index contributed by atoms with van der Waals surface area (Å²) in [5, 5.41) is 7.39. The Bertz CT molecular complexity index is 1120. The number of hydrogen-bond acceptors (Lipinski definition) is 4. The topological polar surface area (TPSA) is 59.8 Å². The van der Waals surface area contributed by atoms with Crippen molar-refractivity contribution < 1.29 is 18.0 Å². The first-order chi connectivity index (χ1) is 13.4. The number of carbonyl (C=O) groups excluding carboxylic acids is 1. The molecular formula is C19H13F3N4OS. The van der Waals surface area contributed by atoms with Crippen molar-refractivity contribution >= 4 is 27.5 Å². The summed E-state index contributed by atoms with van der Waals surface area (Å²) in [7, 11) is 0. The molecule has 1 N–H and O–H groups in total. The molecule has 0 aliphatic rings. The van der Waals surface area contributed by atoms with E-state index in [1.165, 1.54) is 34.3 Å². The van der Waals surface area contributed by atoms with E-state index in [0.29, 0.717) is 16.3 Å². The van der Waals surface area contributed by atoms with Gasteiger partial charge in [0.1, 0.15) is 0 Å². The number of para-hydroxylation sites is 1. The lowest BCUT2D eigenvalue weighted by Gasteiger charge is -2.09. The van der Waals surface area contributed by atoms with Gasteiger partial charge in [0, 0.05) is 12.7 Å². The normalized spacial score (nSPS) is 11.7. The zero-order chi connectivity index (χ0) is 19.7. The number of aromatic nitrogens is 3. The number of thiazole rings is 1. The van der Waals surface area contributed by atoms with Crippen LogP contribution in [0.2, 0.25) is 0 Å². The van der Waals surface area contributed by atoms with Gasteiger partial charge in [-0.3, -0.25) is 4.79 Å². The van der Waals surface area contributed by atoms with Crippen molar-refractivity contribution in [3.05, 3.63) is 77.6 Å². The van der Waals surface area contributed by atoms with Crippen LogP contribution >= 0.6 is 11.3 Å². The van der Waals surface area contributed by atoms with Crippen molar-refractivity contribution in [1.82, 2.24) is 20.1 Å². The number of rotatable bonds is 4. The largest absolute Gasteiger partial charge is 0.416 e. The fraction of sp³-hybridized carbons (Fsp3) is 0.105. The standard InChI is InChI=1S/C19H13F3N4OS/c20-19(21,22)14-5-3-4-12(8-14)9-23-17(27)13-10-24-26(11-13)18-25-15-6-1-2-7-16(15)28-18/h1-8,10-11H,9H2,(H,23,27). The van der Waals surface area contributed by atoms with E-state index < -0.39 is 17.6 Å². The van der Waals surface area contributed by atoms with Crippen LogP contribution in [0.4, 0.5) is 13.2 Å². The second-order valence-electron chi connectivity index (χ2n) is 6.02. The molecular weight excluding hydrogens is 389 g/mol. The summed E-state index contributed by atoms with van der Waals surface area (Å²) in [4.78, 5) is 16.8. The van der Waals surface area contributed by atoms with Gasteiger partial charge in [0.25, 0.3) is 5.91 Å². The summed E-state index contributed by atoms with van der Waals surface area (Å²) in [5.74, 6) is -0.426. The van der Waals surface area contributed by atoms with Gasteiger partial charge in [-0.1, -0.05) is 35.6 Å². The molecule has 0 bridgehead atoms. The molecule has 0 aliphatic carbocycles. The molecule has 2 aromatic heterocycles. The van der Waals surface area contributed by atoms with E-state index in [-0.39, 0.29) is 6.54 Å². The maximum absolute atomic E-state index is 12.8. The number of carbonyl (C=O) groups is 1. The fourth-order valence-electron chi connectivity index (χ4n) is 2.64. The molecule has 142 valence electrons. The van der Waals surface area contributed by atoms with Gasteiger partial charge >= 0.3 is 6.18 Å². The summed E-state index contributed by atoms with van der Waals surface area (Å²) in [6, 6.07) is 12.5. The third kappa shape index (κ3) is 3.74. The maximum atomic E-state index is 12.8. The molecule has 0 atom stereocenters. The smallest absolute Gasteiger partial charge is 0.348 e. The molecule has 0 saturated carbocycles. The van der Waals surface area contributed by atoms with Crippen LogP contribution in [0.5, 0.6) is 0 Å².